The van der Waals surface area contributed by atoms with Crippen molar-refractivity contribution in [2.75, 3.05) is 37.6 Å². The predicted molar refractivity (Wildman–Crippen MR) is 68.3 cm³/mol. The molecule has 3 nitrogen and oxygen atoms in total. The van der Waals surface area contributed by atoms with Gasteiger partial charge in [-0.3, -0.25) is 0 Å². The molecule has 0 unspecified atom stereocenters. The van der Waals surface area contributed by atoms with E-state index in [1.807, 2.05) is 4.90 Å². The van der Waals surface area contributed by atoms with Crippen molar-refractivity contribution in [2.24, 2.45) is 0 Å². The van der Waals surface area contributed by atoms with Crippen molar-refractivity contribution in [3.05, 3.63) is 23.4 Å². The maximum atomic E-state index is 12.9. The minimum absolute atomic E-state index is 0.170. The Labute approximate surface area is 111 Å². The van der Waals surface area contributed by atoms with E-state index in [0.717, 1.165) is 38.8 Å². The number of aryl methyl sites for hydroxylation is 1. The summed E-state index contributed by atoms with van der Waals surface area (Å²) in [5.74, 6) is 0.425. The summed E-state index contributed by atoms with van der Waals surface area (Å²) in [5, 5.41) is 0. The number of halogens is 3. The van der Waals surface area contributed by atoms with Crippen LogP contribution in [0.2, 0.25) is 0 Å². The van der Waals surface area contributed by atoms with Gasteiger partial charge in [0.2, 0.25) is 0 Å². The second-order valence-electron chi connectivity index (χ2n) is 4.78. The molecule has 0 aliphatic carbocycles. The maximum Gasteiger partial charge on any atom is 0.416 e. The monoisotopic (exact) mass is 273 g/mol. The van der Waals surface area contributed by atoms with Crippen molar-refractivity contribution in [3.8, 4) is 0 Å². The molecule has 0 bridgehead atoms. The number of nitrogens with zero attached hydrogens (tertiary/aromatic N) is 3. The van der Waals surface area contributed by atoms with Crippen LogP contribution in [0.3, 0.4) is 0 Å². The Morgan fingerprint density at radius 2 is 1.84 bits per heavy atom. The first-order valence-corrected chi connectivity index (χ1v) is 6.43. The van der Waals surface area contributed by atoms with Crippen LogP contribution < -0.4 is 4.90 Å². The Morgan fingerprint density at radius 3 is 2.37 bits per heavy atom. The molecule has 19 heavy (non-hydrogen) atoms. The smallest absolute Gasteiger partial charge is 0.354 e. The Morgan fingerprint density at radius 1 is 1.21 bits per heavy atom. The summed E-state index contributed by atoms with van der Waals surface area (Å²) in [5.41, 5.74) is -0.418. The zero-order chi connectivity index (χ0) is 14.0. The van der Waals surface area contributed by atoms with Gasteiger partial charge in [-0.1, -0.05) is 6.92 Å². The predicted octanol–water partition coefficient (Wildman–Crippen LogP) is 2.55. The Kier molecular flexibility index (Phi) is 3.99. The molecule has 2 heterocycles. The number of hydrogen-bond donors (Lipinski definition) is 0. The molecule has 2 rings (SSSR count). The van der Waals surface area contributed by atoms with Gasteiger partial charge in [-0.05, 0) is 25.1 Å². The number of anilines is 1. The lowest BCUT2D eigenvalue weighted by Gasteiger charge is -2.35. The molecule has 1 aliphatic rings. The number of alkyl halides is 3. The summed E-state index contributed by atoms with van der Waals surface area (Å²) in [6.45, 7) is 7.68. The van der Waals surface area contributed by atoms with Crippen LogP contribution in [0, 0.1) is 6.92 Å². The fourth-order valence-corrected chi connectivity index (χ4v) is 2.28. The normalized spacial score (nSPS) is 17.8. The van der Waals surface area contributed by atoms with E-state index in [2.05, 4.69) is 16.8 Å². The zero-order valence-electron chi connectivity index (χ0n) is 11.2. The molecule has 0 spiro atoms. The van der Waals surface area contributed by atoms with Crippen LogP contribution in [0.15, 0.2) is 12.3 Å². The van der Waals surface area contributed by atoms with Gasteiger partial charge in [0.1, 0.15) is 5.82 Å². The van der Waals surface area contributed by atoms with Crippen molar-refractivity contribution >= 4 is 5.82 Å². The van der Waals surface area contributed by atoms with E-state index in [0.29, 0.717) is 5.82 Å². The average molecular weight is 273 g/mol. The molecule has 106 valence electrons. The van der Waals surface area contributed by atoms with Crippen molar-refractivity contribution < 1.29 is 13.2 Å². The van der Waals surface area contributed by atoms with Crippen molar-refractivity contribution in [1.82, 2.24) is 9.88 Å². The van der Waals surface area contributed by atoms with E-state index in [9.17, 15) is 13.2 Å². The number of pyridine rings is 1. The first-order valence-electron chi connectivity index (χ1n) is 6.43. The van der Waals surface area contributed by atoms with Gasteiger partial charge in [0, 0.05) is 32.4 Å². The quantitative estimate of drug-likeness (QED) is 0.825. The molecule has 1 aromatic heterocycles. The molecule has 0 aromatic carbocycles. The second kappa shape index (κ2) is 5.36. The zero-order valence-corrected chi connectivity index (χ0v) is 11.2. The highest BCUT2D eigenvalue weighted by Gasteiger charge is 2.33. The van der Waals surface area contributed by atoms with Crippen molar-refractivity contribution in [2.45, 2.75) is 20.0 Å². The molecular weight excluding hydrogens is 255 g/mol. The van der Waals surface area contributed by atoms with Crippen LogP contribution in [-0.2, 0) is 6.18 Å². The standard InChI is InChI=1S/C13H18F3N3/c1-3-18-4-6-19(7-5-18)12-8-11(13(14,15)16)10(2)9-17-12/h8-9H,3-7H2,1-2H3. The van der Waals surface area contributed by atoms with Gasteiger partial charge in [0.05, 0.1) is 5.56 Å². The van der Waals surface area contributed by atoms with Gasteiger partial charge in [-0.2, -0.15) is 13.2 Å². The maximum absolute atomic E-state index is 12.9. The number of aromatic nitrogens is 1. The molecular formula is C13H18F3N3. The SMILES string of the molecule is CCN1CCN(c2cc(C(F)(F)F)c(C)cn2)CC1. The van der Waals surface area contributed by atoms with E-state index in [4.69, 9.17) is 0 Å². The second-order valence-corrected chi connectivity index (χ2v) is 4.78. The third-order valence-corrected chi connectivity index (χ3v) is 3.54. The molecule has 1 aromatic rings. The molecule has 0 saturated carbocycles. The first kappa shape index (κ1) is 14.1. The Hall–Kier alpha value is -1.30. The largest absolute Gasteiger partial charge is 0.416 e. The number of piperazine rings is 1. The number of hydrogen-bond acceptors (Lipinski definition) is 3. The van der Waals surface area contributed by atoms with Gasteiger partial charge in [0.15, 0.2) is 0 Å². The lowest BCUT2D eigenvalue weighted by Crippen LogP contribution is -2.46. The van der Waals surface area contributed by atoms with Gasteiger partial charge >= 0.3 is 6.18 Å². The first-order chi connectivity index (χ1) is 8.91. The highest BCUT2D eigenvalue weighted by Crippen LogP contribution is 2.33. The summed E-state index contributed by atoms with van der Waals surface area (Å²) in [7, 11) is 0. The Balaban J connectivity index is 2.18. The topological polar surface area (TPSA) is 19.4 Å². The van der Waals surface area contributed by atoms with E-state index in [-0.39, 0.29) is 5.56 Å². The van der Waals surface area contributed by atoms with Gasteiger partial charge in [0.25, 0.3) is 0 Å². The Bertz CT molecular complexity index is 437. The van der Waals surface area contributed by atoms with Crippen LogP contribution in [0.1, 0.15) is 18.1 Å². The third kappa shape index (κ3) is 3.18. The van der Waals surface area contributed by atoms with Crippen LogP contribution in [-0.4, -0.2) is 42.6 Å². The van der Waals surface area contributed by atoms with Crippen molar-refractivity contribution in [1.29, 1.82) is 0 Å². The number of rotatable bonds is 2. The number of likely N-dealkylation sites (N-methyl/N-ethyl adjacent to an activating group) is 1. The molecule has 0 N–H and O–H groups in total. The van der Waals surface area contributed by atoms with E-state index >= 15 is 0 Å². The minimum Gasteiger partial charge on any atom is -0.354 e. The van der Waals surface area contributed by atoms with Crippen LogP contribution in [0.4, 0.5) is 19.0 Å². The van der Waals surface area contributed by atoms with Gasteiger partial charge in [-0.25, -0.2) is 4.98 Å². The summed E-state index contributed by atoms with van der Waals surface area (Å²) in [4.78, 5) is 8.33. The van der Waals surface area contributed by atoms with E-state index in [1.165, 1.54) is 13.1 Å². The lowest BCUT2D eigenvalue weighted by atomic mass is 10.1. The fraction of sp³-hybridized carbons (Fsp3) is 0.615. The third-order valence-electron chi connectivity index (χ3n) is 3.54. The molecule has 1 aliphatic heterocycles. The van der Waals surface area contributed by atoms with Crippen LogP contribution >= 0.6 is 0 Å². The van der Waals surface area contributed by atoms with Crippen molar-refractivity contribution in [3.63, 3.8) is 0 Å². The van der Waals surface area contributed by atoms with Gasteiger partial charge in [-0.15, -0.1) is 0 Å². The van der Waals surface area contributed by atoms with Gasteiger partial charge < -0.3 is 9.80 Å². The van der Waals surface area contributed by atoms with E-state index in [1.54, 1.807) is 0 Å². The molecule has 1 saturated heterocycles. The minimum atomic E-state index is -4.31. The summed E-state index contributed by atoms with van der Waals surface area (Å²) in [6, 6.07) is 1.16. The van der Waals surface area contributed by atoms with Crippen LogP contribution in [0.5, 0.6) is 0 Å². The molecule has 1 fully saturated rings. The molecule has 0 radical (unpaired) electrons. The fourth-order valence-electron chi connectivity index (χ4n) is 2.28. The van der Waals surface area contributed by atoms with Crippen LogP contribution in [0.25, 0.3) is 0 Å². The summed E-state index contributed by atoms with van der Waals surface area (Å²) in [6.07, 6.45) is -3.00. The lowest BCUT2D eigenvalue weighted by molar-refractivity contribution is -0.138. The average Bonchev–Trinajstić information content (AvgIpc) is 2.38. The summed E-state index contributed by atoms with van der Waals surface area (Å²) >= 11 is 0. The molecule has 6 heteroatoms. The molecule has 0 atom stereocenters. The highest BCUT2D eigenvalue weighted by atomic mass is 19.4. The van der Waals surface area contributed by atoms with E-state index < -0.39 is 11.7 Å². The highest BCUT2D eigenvalue weighted by molar-refractivity contribution is 5.45. The summed E-state index contributed by atoms with van der Waals surface area (Å²) < 4.78 is 38.6. The molecule has 0 amide bonds.